The number of phosphoric ester groups is 1. The van der Waals surface area contributed by atoms with Crippen molar-refractivity contribution in [3.05, 3.63) is 12.3 Å². The van der Waals surface area contributed by atoms with E-state index in [-0.39, 0.29) is 0 Å². The van der Waals surface area contributed by atoms with Crippen LogP contribution in [0.3, 0.4) is 0 Å². The summed E-state index contributed by atoms with van der Waals surface area (Å²) in [5, 5.41) is 7.89. The highest BCUT2D eigenvalue weighted by molar-refractivity contribution is 7.46. The molecule has 0 saturated carbocycles. The van der Waals surface area contributed by atoms with Crippen LogP contribution >= 0.6 is 7.82 Å². The quantitative estimate of drug-likeness (QED) is 0.303. The molecule has 0 bridgehead atoms. The highest BCUT2D eigenvalue weighted by atomic mass is 31.2. The number of phosphoric acid groups is 1. The van der Waals surface area contributed by atoms with Crippen molar-refractivity contribution in [3.63, 3.8) is 0 Å². The van der Waals surface area contributed by atoms with E-state index in [1.54, 1.807) is 0 Å². The van der Waals surface area contributed by atoms with E-state index in [0.717, 1.165) is 0 Å². The lowest BCUT2D eigenvalue weighted by atomic mass is 10.7. The van der Waals surface area contributed by atoms with Gasteiger partial charge in [0.15, 0.2) is 0 Å². The van der Waals surface area contributed by atoms with Gasteiger partial charge in [0.25, 0.3) is 0 Å². The molecule has 0 heterocycles. The van der Waals surface area contributed by atoms with E-state index in [1.807, 2.05) is 0 Å². The molecule has 0 unspecified atom stereocenters. The third-order valence-corrected chi connectivity index (χ3v) is 0.805. The standard InChI is InChI=1S/C3H5O6P/c4-3(5)1-2-9-10(6,7)8/h1-2H,(H,4,5)(H2,6,7,8). The number of hydrogen-bond acceptors (Lipinski definition) is 3. The average molecular weight is 168 g/mol. The van der Waals surface area contributed by atoms with Gasteiger partial charge in [0, 0.05) is 0 Å². The first kappa shape index (κ1) is 9.16. The smallest absolute Gasteiger partial charge is 0.478 e. The van der Waals surface area contributed by atoms with Crippen molar-refractivity contribution in [2.45, 2.75) is 0 Å². The molecule has 0 saturated heterocycles. The molecular weight excluding hydrogens is 163 g/mol. The minimum absolute atomic E-state index is 0.420. The number of carboxylic acids is 1. The summed E-state index contributed by atoms with van der Waals surface area (Å²) in [6, 6.07) is 0. The maximum Gasteiger partial charge on any atom is 0.524 e. The molecule has 0 aliphatic heterocycles. The summed E-state index contributed by atoms with van der Waals surface area (Å²) in [6.07, 6.45) is 0.891. The van der Waals surface area contributed by atoms with Gasteiger partial charge in [-0.15, -0.1) is 0 Å². The van der Waals surface area contributed by atoms with Crippen LogP contribution < -0.4 is 0 Å². The van der Waals surface area contributed by atoms with Crippen molar-refractivity contribution in [3.8, 4) is 0 Å². The molecule has 0 aromatic heterocycles. The maximum absolute atomic E-state index is 9.84. The van der Waals surface area contributed by atoms with Crippen molar-refractivity contribution in [2.75, 3.05) is 0 Å². The summed E-state index contributed by atoms with van der Waals surface area (Å²) in [4.78, 5) is 25.6. The van der Waals surface area contributed by atoms with Crippen LogP contribution in [0.2, 0.25) is 0 Å². The highest BCUT2D eigenvalue weighted by Crippen LogP contribution is 2.35. The first-order valence-corrected chi connectivity index (χ1v) is 3.58. The van der Waals surface area contributed by atoms with Crippen LogP contribution in [0.15, 0.2) is 12.3 Å². The highest BCUT2D eigenvalue weighted by Gasteiger charge is 2.11. The third kappa shape index (κ3) is 7.16. The van der Waals surface area contributed by atoms with Crippen molar-refractivity contribution >= 4 is 13.8 Å². The Labute approximate surface area is 56.0 Å². The third-order valence-electron chi connectivity index (χ3n) is 0.409. The Morgan fingerprint density at radius 3 is 2.30 bits per heavy atom. The summed E-state index contributed by atoms with van der Waals surface area (Å²) in [5.41, 5.74) is 0. The van der Waals surface area contributed by atoms with E-state index in [4.69, 9.17) is 14.9 Å². The fourth-order valence-corrected chi connectivity index (χ4v) is 0.387. The Balaban J connectivity index is 3.76. The zero-order valence-corrected chi connectivity index (χ0v) is 5.56. The Morgan fingerprint density at radius 2 is 2.00 bits per heavy atom. The molecule has 0 atom stereocenters. The number of hydrogen-bond donors (Lipinski definition) is 3. The van der Waals surface area contributed by atoms with E-state index in [1.165, 1.54) is 0 Å². The summed E-state index contributed by atoms with van der Waals surface area (Å²) >= 11 is 0. The lowest BCUT2D eigenvalue weighted by molar-refractivity contribution is -0.131. The summed E-state index contributed by atoms with van der Waals surface area (Å²) in [5.74, 6) is -1.34. The number of carbonyl (C=O) groups is 1. The zero-order valence-electron chi connectivity index (χ0n) is 4.67. The largest absolute Gasteiger partial charge is 0.524 e. The van der Waals surface area contributed by atoms with Gasteiger partial charge >= 0.3 is 13.8 Å². The van der Waals surface area contributed by atoms with E-state index < -0.39 is 13.8 Å². The fourth-order valence-electron chi connectivity index (χ4n) is 0.168. The Morgan fingerprint density at radius 1 is 1.50 bits per heavy atom. The SMILES string of the molecule is O=C(O)C=COP(=O)(O)O. The van der Waals surface area contributed by atoms with Gasteiger partial charge < -0.3 is 9.63 Å². The van der Waals surface area contributed by atoms with Crippen LogP contribution in [0, 0.1) is 0 Å². The molecule has 3 N–H and O–H groups in total. The second-order valence-corrected chi connectivity index (χ2v) is 2.43. The summed E-state index contributed by atoms with van der Waals surface area (Å²) < 4.78 is 13.5. The molecule has 10 heavy (non-hydrogen) atoms. The van der Waals surface area contributed by atoms with Gasteiger partial charge in [0.2, 0.25) is 0 Å². The van der Waals surface area contributed by atoms with Gasteiger partial charge in [-0.2, -0.15) is 0 Å². The lowest BCUT2D eigenvalue weighted by Gasteiger charge is -1.97. The molecule has 0 aliphatic rings. The predicted molar refractivity (Wildman–Crippen MR) is 29.9 cm³/mol. The van der Waals surface area contributed by atoms with Crippen molar-refractivity contribution in [1.29, 1.82) is 0 Å². The second-order valence-electron chi connectivity index (χ2n) is 1.24. The van der Waals surface area contributed by atoms with Crippen LogP contribution in [0.5, 0.6) is 0 Å². The van der Waals surface area contributed by atoms with E-state index in [2.05, 4.69) is 4.52 Å². The Bertz CT molecular complexity index is 189. The maximum atomic E-state index is 9.84. The van der Waals surface area contributed by atoms with Crippen LogP contribution in [0.1, 0.15) is 0 Å². The predicted octanol–water partition coefficient (Wildman–Crippen LogP) is -0.306. The van der Waals surface area contributed by atoms with Gasteiger partial charge in [-0.3, -0.25) is 9.79 Å². The van der Waals surface area contributed by atoms with Crippen molar-refractivity contribution in [2.24, 2.45) is 0 Å². The molecule has 6 nitrogen and oxygen atoms in total. The summed E-state index contributed by atoms with van der Waals surface area (Å²) in [6.45, 7) is 0. The molecule has 0 fully saturated rings. The van der Waals surface area contributed by atoms with Gasteiger partial charge in [-0.1, -0.05) is 0 Å². The minimum Gasteiger partial charge on any atom is -0.478 e. The van der Waals surface area contributed by atoms with Crippen LogP contribution in [-0.2, 0) is 13.9 Å². The molecule has 0 radical (unpaired) electrons. The molecule has 0 rings (SSSR count). The van der Waals surface area contributed by atoms with Gasteiger partial charge in [0.05, 0.1) is 6.08 Å². The van der Waals surface area contributed by atoms with Crippen molar-refractivity contribution < 1.29 is 28.8 Å². The topological polar surface area (TPSA) is 104 Å². The second kappa shape index (κ2) is 3.36. The first-order chi connectivity index (χ1) is 4.42. The van der Waals surface area contributed by atoms with E-state index in [9.17, 15) is 9.36 Å². The summed E-state index contributed by atoms with van der Waals surface area (Å²) in [7, 11) is -4.57. The van der Waals surface area contributed by atoms with Crippen LogP contribution in [0.25, 0.3) is 0 Å². The van der Waals surface area contributed by atoms with Gasteiger partial charge in [-0.25, -0.2) is 9.36 Å². The molecular formula is C3H5O6P. The molecule has 0 amide bonds. The Hall–Kier alpha value is -0.840. The first-order valence-electron chi connectivity index (χ1n) is 2.05. The molecule has 0 aromatic rings. The number of aliphatic carboxylic acids is 1. The van der Waals surface area contributed by atoms with Gasteiger partial charge in [-0.05, 0) is 0 Å². The van der Waals surface area contributed by atoms with Crippen molar-refractivity contribution in [1.82, 2.24) is 0 Å². The van der Waals surface area contributed by atoms with Crippen LogP contribution in [-0.4, -0.2) is 20.9 Å². The number of rotatable bonds is 3. The molecule has 7 heteroatoms. The van der Waals surface area contributed by atoms with E-state index >= 15 is 0 Å². The molecule has 0 aliphatic carbocycles. The van der Waals surface area contributed by atoms with E-state index in [0.29, 0.717) is 12.3 Å². The molecule has 58 valence electrons. The van der Waals surface area contributed by atoms with Crippen LogP contribution in [0.4, 0.5) is 0 Å². The molecule has 0 aromatic carbocycles. The molecule has 0 spiro atoms. The fraction of sp³-hybridized carbons (Fsp3) is 0. The Kier molecular flexibility index (Phi) is 3.08. The average Bonchev–Trinajstić information content (AvgIpc) is 1.59. The van der Waals surface area contributed by atoms with Gasteiger partial charge in [0.1, 0.15) is 6.26 Å². The lowest BCUT2D eigenvalue weighted by Crippen LogP contribution is -1.87. The minimum atomic E-state index is -4.57. The number of carboxylic acid groups (broad SMARTS) is 1. The monoisotopic (exact) mass is 168 g/mol. The normalized spacial score (nSPS) is 11.8. The zero-order chi connectivity index (χ0) is 8.20.